The first-order valence-electron chi connectivity index (χ1n) is 5.36. The third kappa shape index (κ3) is 3.11. The Morgan fingerprint density at radius 2 is 2.11 bits per heavy atom. The van der Waals surface area contributed by atoms with Gasteiger partial charge < -0.3 is 5.73 Å². The molecule has 1 rings (SSSR count). The molecule has 0 atom stereocenters. The van der Waals surface area contributed by atoms with Crippen molar-refractivity contribution in [3.05, 3.63) is 15.9 Å². The van der Waals surface area contributed by atoms with Gasteiger partial charge in [0.05, 0.1) is 10.5 Å². The fourth-order valence-electron chi connectivity index (χ4n) is 1.57. The summed E-state index contributed by atoms with van der Waals surface area (Å²) in [4.78, 5) is 0.170. The first kappa shape index (κ1) is 16.0. The summed E-state index contributed by atoms with van der Waals surface area (Å²) >= 11 is 9.37. The average molecular weight is 371 g/mol. The van der Waals surface area contributed by atoms with Crippen molar-refractivity contribution in [1.29, 1.82) is 0 Å². The number of nitrogens with one attached hydrogen (secondary N) is 1. The smallest absolute Gasteiger partial charge is 0.252 e. The fraction of sp³-hybridized carbons (Fsp3) is 0.500. The lowest BCUT2D eigenvalue weighted by Gasteiger charge is -2.31. The normalized spacial score (nSPS) is 12.6. The fourth-order valence-corrected chi connectivity index (χ4v) is 5.84. The Labute approximate surface area is 125 Å². The zero-order valence-corrected chi connectivity index (χ0v) is 14.1. The maximum absolute atomic E-state index is 12.3. The number of hydrogen-bond acceptors (Lipinski definition) is 4. The van der Waals surface area contributed by atoms with Crippen molar-refractivity contribution in [2.45, 2.75) is 36.4 Å². The van der Waals surface area contributed by atoms with Crippen molar-refractivity contribution >= 4 is 54.5 Å². The van der Waals surface area contributed by atoms with Gasteiger partial charge in [-0.25, -0.2) is 8.42 Å². The van der Waals surface area contributed by atoms with Crippen molar-refractivity contribution in [3.8, 4) is 0 Å². The van der Waals surface area contributed by atoms with Crippen LogP contribution in [0.4, 0.5) is 0 Å². The van der Waals surface area contributed by atoms with Crippen LogP contribution in [0.1, 0.15) is 26.7 Å². The van der Waals surface area contributed by atoms with E-state index in [0.717, 1.165) is 11.3 Å². The van der Waals surface area contributed by atoms with Crippen LogP contribution >= 0.6 is 39.5 Å². The number of hydrogen-bond donors (Lipinski definition) is 2. The molecule has 1 aromatic heterocycles. The Morgan fingerprint density at radius 3 is 2.44 bits per heavy atom. The molecular weight excluding hydrogens is 356 g/mol. The molecule has 0 bridgehead atoms. The number of thiocarbonyl (C=S) groups is 1. The zero-order chi connectivity index (χ0) is 14.0. The summed E-state index contributed by atoms with van der Waals surface area (Å²) in [6.45, 7) is 3.71. The van der Waals surface area contributed by atoms with E-state index in [1.807, 2.05) is 13.8 Å². The topological polar surface area (TPSA) is 72.2 Å². The van der Waals surface area contributed by atoms with E-state index in [1.54, 1.807) is 11.4 Å². The van der Waals surface area contributed by atoms with Crippen molar-refractivity contribution in [3.63, 3.8) is 0 Å². The quantitative estimate of drug-likeness (QED) is 0.754. The van der Waals surface area contributed by atoms with Gasteiger partial charge in [0.2, 0.25) is 0 Å². The van der Waals surface area contributed by atoms with Crippen LogP contribution < -0.4 is 10.5 Å². The summed E-state index contributed by atoms with van der Waals surface area (Å²) in [5, 5.41) is 1.71. The van der Waals surface area contributed by atoms with Crippen LogP contribution in [-0.2, 0) is 10.0 Å². The van der Waals surface area contributed by atoms with Gasteiger partial charge in [0.1, 0.15) is 4.21 Å². The summed E-state index contributed by atoms with van der Waals surface area (Å²) in [6.07, 6.45) is 1.03. The molecule has 3 N–H and O–H groups in total. The first-order chi connectivity index (χ1) is 8.29. The lowest BCUT2D eigenvalue weighted by Crippen LogP contribution is -2.55. The van der Waals surface area contributed by atoms with E-state index in [1.165, 1.54) is 0 Å². The van der Waals surface area contributed by atoms with Crippen molar-refractivity contribution in [2.24, 2.45) is 5.73 Å². The van der Waals surface area contributed by atoms with Gasteiger partial charge in [-0.3, -0.25) is 0 Å². The molecule has 0 unspecified atom stereocenters. The minimum absolute atomic E-state index is 0.170. The second-order valence-electron chi connectivity index (χ2n) is 3.81. The molecule has 0 aliphatic rings. The SMILES string of the molecule is CCC(CC)(NS(=O)(=O)c1sccc1Br)C(N)=S. The van der Waals surface area contributed by atoms with Crippen LogP contribution in [0, 0.1) is 0 Å². The number of thiophene rings is 1. The Bertz CT molecular complexity index is 535. The molecule has 0 saturated heterocycles. The lowest BCUT2D eigenvalue weighted by atomic mass is 9.94. The zero-order valence-electron chi connectivity index (χ0n) is 10.1. The van der Waals surface area contributed by atoms with Crippen molar-refractivity contribution in [2.75, 3.05) is 0 Å². The van der Waals surface area contributed by atoms with Crippen LogP contribution in [0.5, 0.6) is 0 Å². The van der Waals surface area contributed by atoms with Gasteiger partial charge >= 0.3 is 0 Å². The molecule has 8 heteroatoms. The molecule has 18 heavy (non-hydrogen) atoms. The standard InChI is InChI=1S/C10H15BrN2O2S3/c1-3-10(4-2,9(12)16)13-18(14,15)8-7(11)5-6-17-8/h5-6,13H,3-4H2,1-2H3,(H2,12,16). The summed E-state index contributed by atoms with van der Waals surface area (Å²) < 4.78 is 28.0. The molecule has 4 nitrogen and oxygen atoms in total. The highest BCUT2D eigenvalue weighted by atomic mass is 79.9. The lowest BCUT2D eigenvalue weighted by molar-refractivity contribution is 0.466. The molecule has 0 amide bonds. The van der Waals surface area contributed by atoms with E-state index in [-0.39, 0.29) is 9.20 Å². The maximum Gasteiger partial charge on any atom is 0.252 e. The molecule has 102 valence electrons. The van der Waals surface area contributed by atoms with E-state index in [4.69, 9.17) is 18.0 Å². The number of halogens is 1. The highest BCUT2D eigenvalue weighted by Gasteiger charge is 2.36. The molecule has 1 aromatic rings. The van der Waals surface area contributed by atoms with Gasteiger partial charge in [0.15, 0.2) is 0 Å². The minimum atomic E-state index is -3.62. The van der Waals surface area contributed by atoms with Gasteiger partial charge in [-0.2, -0.15) is 4.72 Å². The molecule has 0 aromatic carbocycles. The summed E-state index contributed by atoms with van der Waals surface area (Å²) in [6, 6.07) is 1.69. The predicted molar refractivity (Wildman–Crippen MR) is 82.4 cm³/mol. The molecule has 0 aliphatic heterocycles. The third-order valence-corrected chi connectivity index (χ3v) is 7.43. The summed E-state index contributed by atoms with van der Waals surface area (Å²) in [7, 11) is -3.62. The molecule has 0 saturated carbocycles. The van der Waals surface area contributed by atoms with E-state index in [2.05, 4.69) is 20.7 Å². The van der Waals surface area contributed by atoms with Crippen LogP contribution in [-0.4, -0.2) is 18.9 Å². The molecule has 1 heterocycles. The van der Waals surface area contributed by atoms with E-state index < -0.39 is 15.6 Å². The highest BCUT2D eigenvalue weighted by Crippen LogP contribution is 2.29. The van der Waals surface area contributed by atoms with E-state index in [0.29, 0.717) is 17.3 Å². The van der Waals surface area contributed by atoms with E-state index >= 15 is 0 Å². The van der Waals surface area contributed by atoms with Gasteiger partial charge in [-0.1, -0.05) is 26.1 Å². The minimum Gasteiger partial charge on any atom is -0.392 e. The second-order valence-corrected chi connectivity index (χ2v) is 7.90. The number of nitrogens with two attached hydrogens (primary N) is 1. The highest BCUT2D eigenvalue weighted by molar-refractivity contribution is 9.10. The van der Waals surface area contributed by atoms with Crippen molar-refractivity contribution < 1.29 is 8.42 Å². The van der Waals surface area contributed by atoms with Crippen molar-refractivity contribution in [1.82, 2.24) is 4.72 Å². The number of rotatable bonds is 6. The van der Waals surface area contributed by atoms with Gasteiger partial charge in [0.25, 0.3) is 10.0 Å². The van der Waals surface area contributed by atoms with E-state index in [9.17, 15) is 8.42 Å². The van der Waals surface area contributed by atoms with Crippen LogP contribution in [0.25, 0.3) is 0 Å². The molecule has 0 radical (unpaired) electrons. The Morgan fingerprint density at radius 1 is 1.56 bits per heavy atom. The number of sulfonamides is 1. The largest absolute Gasteiger partial charge is 0.392 e. The Hall–Kier alpha value is -0.0200. The van der Waals surface area contributed by atoms with Gasteiger partial charge in [0, 0.05) is 4.47 Å². The Kier molecular flexibility index (Phi) is 5.31. The molecular formula is C10H15BrN2O2S3. The second kappa shape index (κ2) is 5.96. The van der Waals surface area contributed by atoms with Crippen LogP contribution in [0.15, 0.2) is 20.1 Å². The first-order valence-corrected chi connectivity index (χ1v) is 8.92. The summed E-state index contributed by atoms with van der Waals surface area (Å²) in [5.41, 5.74) is 4.82. The van der Waals surface area contributed by atoms with Crippen LogP contribution in [0.3, 0.4) is 0 Å². The maximum atomic E-state index is 12.3. The summed E-state index contributed by atoms with van der Waals surface area (Å²) in [5.74, 6) is 0. The molecule has 0 aliphatic carbocycles. The molecule has 0 fully saturated rings. The van der Waals surface area contributed by atoms with Crippen LogP contribution in [0.2, 0.25) is 0 Å². The Balaban J connectivity index is 3.16. The average Bonchev–Trinajstić information content (AvgIpc) is 2.73. The van der Waals surface area contributed by atoms with Gasteiger partial charge in [-0.05, 0) is 40.2 Å². The molecule has 0 spiro atoms. The third-order valence-electron chi connectivity index (χ3n) is 2.84. The predicted octanol–water partition coefficient (Wildman–Crippen LogP) is 2.63. The van der Waals surface area contributed by atoms with Gasteiger partial charge in [-0.15, -0.1) is 11.3 Å². The monoisotopic (exact) mass is 370 g/mol.